The van der Waals surface area contributed by atoms with Crippen LogP contribution in [0, 0.1) is 5.82 Å². The summed E-state index contributed by atoms with van der Waals surface area (Å²) in [4.78, 5) is 0.0806. The molecule has 0 spiro atoms. The van der Waals surface area contributed by atoms with E-state index in [0.29, 0.717) is 12.4 Å². The lowest BCUT2D eigenvalue weighted by molar-refractivity contribution is 0.287. The van der Waals surface area contributed by atoms with Crippen LogP contribution in [0.25, 0.3) is 0 Å². The molecule has 0 aliphatic carbocycles. The highest BCUT2D eigenvalue weighted by Crippen LogP contribution is 2.30. The van der Waals surface area contributed by atoms with E-state index in [1.807, 2.05) is 0 Å². The summed E-state index contributed by atoms with van der Waals surface area (Å²) < 4.78 is 43.6. The van der Waals surface area contributed by atoms with E-state index in [1.165, 1.54) is 24.3 Å². The second-order valence-corrected chi connectivity index (χ2v) is 6.63. The first-order chi connectivity index (χ1) is 9.57. The van der Waals surface area contributed by atoms with Crippen molar-refractivity contribution in [3.05, 3.63) is 53.8 Å². The molecule has 0 N–H and O–H groups in total. The number of fused-ring (bicyclic) bond motifs is 1. The minimum atomic E-state index is -3.71. The fourth-order valence-electron chi connectivity index (χ4n) is 2.26. The van der Waals surface area contributed by atoms with Gasteiger partial charge in [-0.1, -0.05) is 12.1 Å². The van der Waals surface area contributed by atoms with E-state index in [0.717, 1.165) is 24.5 Å². The Labute approximate surface area is 116 Å². The van der Waals surface area contributed by atoms with Crippen LogP contribution in [0.1, 0.15) is 12.0 Å². The average Bonchev–Trinajstić information content (AvgIpc) is 2.46. The van der Waals surface area contributed by atoms with Gasteiger partial charge in [0.25, 0.3) is 0 Å². The molecule has 0 bridgehead atoms. The minimum absolute atomic E-state index is 0.0479. The maximum Gasteiger partial charge on any atom is 0.206 e. The molecule has 0 amide bonds. The van der Waals surface area contributed by atoms with Crippen molar-refractivity contribution in [1.29, 1.82) is 0 Å². The van der Waals surface area contributed by atoms with Crippen LogP contribution in [0.4, 0.5) is 4.39 Å². The normalized spacial score (nSPS) is 14.4. The Morgan fingerprint density at radius 3 is 2.65 bits per heavy atom. The van der Waals surface area contributed by atoms with E-state index in [-0.39, 0.29) is 9.79 Å². The van der Waals surface area contributed by atoms with Gasteiger partial charge in [0.05, 0.1) is 16.4 Å². The summed E-state index contributed by atoms with van der Waals surface area (Å²) in [5.41, 5.74) is 1.01. The van der Waals surface area contributed by atoms with Crippen LogP contribution in [-0.4, -0.2) is 15.0 Å². The molecule has 0 atom stereocenters. The molecule has 3 nitrogen and oxygen atoms in total. The molecule has 0 unspecified atom stereocenters. The fraction of sp³-hybridized carbons (Fsp3) is 0.200. The molecule has 20 heavy (non-hydrogen) atoms. The van der Waals surface area contributed by atoms with E-state index < -0.39 is 15.7 Å². The van der Waals surface area contributed by atoms with Crippen LogP contribution in [0.15, 0.2) is 52.3 Å². The molecule has 3 rings (SSSR count). The second-order valence-electron chi connectivity index (χ2n) is 4.68. The molecule has 0 saturated carbocycles. The van der Waals surface area contributed by atoms with Crippen LogP contribution in [0.5, 0.6) is 5.75 Å². The lowest BCUT2D eigenvalue weighted by Gasteiger charge is -2.17. The smallest absolute Gasteiger partial charge is 0.206 e. The molecular formula is C15H13FO3S. The first kappa shape index (κ1) is 13.1. The van der Waals surface area contributed by atoms with Crippen molar-refractivity contribution in [2.45, 2.75) is 22.6 Å². The van der Waals surface area contributed by atoms with Crippen LogP contribution in [0.3, 0.4) is 0 Å². The first-order valence-corrected chi connectivity index (χ1v) is 7.82. The van der Waals surface area contributed by atoms with Gasteiger partial charge in [0.1, 0.15) is 11.6 Å². The summed E-state index contributed by atoms with van der Waals surface area (Å²) in [6, 6.07) is 9.85. The van der Waals surface area contributed by atoms with Gasteiger partial charge in [0.15, 0.2) is 0 Å². The molecule has 0 saturated heterocycles. The summed E-state index contributed by atoms with van der Waals surface area (Å²) >= 11 is 0. The van der Waals surface area contributed by atoms with Gasteiger partial charge in [0, 0.05) is 0 Å². The highest BCUT2D eigenvalue weighted by atomic mass is 32.2. The zero-order chi connectivity index (χ0) is 14.2. The predicted molar refractivity (Wildman–Crippen MR) is 72.1 cm³/mol. The Morgan fingerprint density at radius 2 is 1.85 bits per heavy atom. The molecule has 2 aromatic carbocycles. The highest BCUT2D eigenvalue weighted by molar-refractivity contribution is 7.91. The minimum Gasteiger partial charge on any atom is -0.493 e. The highest BCUT2D eigenvalue weighted by Gasteiger charge is 2.21. The third-order valence-corrected chi connectivity index (χ3v) is 5.05. The molecule has 1 aliphatic rings. The van der Waals surface area contributed by atoms with Gasteiger partial charge in [-0.3, -0.25) is 0 Å². The lowest BCUT2D eigenvalue weighted by atomic mass is 10.1. The van der Waals surface area contributed by atoms with Gasteiger partial charge < -0.3 is 4.74 Å². The Balaban J connectivity index is 2.08. The number of sulfone groups is 1. The molecule has 1 heterocycles. The van der Waals surface area contributed by atoms with Gasteiger partial charge in [-0.15, -0.1) is 0 Å². The molecule has 2 aromatic rings. The van der Waals surface area contributed by atoms with E-state index in [2.05, 4.69) is 0 Å². The first-order valence-electron chi connectivity index (χ1n) is 6.34. The van der Waals surface area contributed by atoms with Crippen molar-refractivity contribution >= 4 is 9.84 Å². The standard InChI is InChI=1S/C15H13FO3S/c16-12-4-1-5-13(9-12)20(17,18)14-7-6-11-3-2-8-19-15(11)10-14/h1,4-7,9-10H,2-3,8H2. The number of halogens is 1. The Morgan fingerprint density at radius 1 is 1.05 bits per heavy atom. The summed E-state index contributed by atoms with van der Waals surface area (Å²) in [6.07, 6.45) is 1.82. The van der Waals surface area contributed by atoms with Crippen LogP contribution < -0.4 is 4.74 Å². The molecule has 104 valence electrons. The zero-order valence-corrected chi connectivity index (χ0v) is 11.5. The van der Waals surface area contributed by atoms with Crippen molar-refractivity contribution in [2.24, 2.45) is 0 Å². The van der Waals surface area contributed by atoms with Gasteiger partial charge in [-0.25, -0.2) is 12.8 Å². The number of ether oxygens (including phenoxy) is 1. The molecule has 1 aliphatic heterocycles. The van der Waals surface area contributed by atoms with Gasteiger partial charge in [-0.2, -0.15) is 0 Å². The lowest BCUT2D eigenvalue weighted by Crippen LogP contribution is -2.10. The molecule has 0 radical (unpaired) electrons. The quantitative estimate of drug-likeness (QED) is 0.854. The monoisotopic (exact) mass is 292 g/mol. The van der Waals surface area contributed by atoms with E-state index in [4.69, 9.17) is 4.74 Å². The summed E-state index contributed by atoms with van der Waals surface area (Å²) in [7, 11) is -3.71. The van der Waals surface area contributed by atoms with Crippen LogP contribution in [-0.2, 0) is 16.3 Å². The third-order valence-electron chi connectivity index (χ3n) is 3.30. The maximum absolute atomic E-state index is 13.2. The number of aryl methyl sites for hydroxylation is 1. The van der Waals surface area contributed by atoms with E-state index in [9.17, 15) is 12.8 Å². The second kappa shape index (κ2) is 4.90. The molecule has 0 fully saturated rings. The maximum atomic E-state index is 13.2. The summed E-state index contributed by atoms with van der Waals surface area (Å²) in [5.74, 6) is 0.0361. The SMILES string of the molecule is O=S(=O)(c1cccc(F)c1)c1ccc2c(c1)OCCC2. The van der Waals surface area contributed by atoms with E-state index in [1.54, 1.807) is 12.1 Å². The summed E-state index contributed by atoms with van der Waals surface area (Å²) in [5, 5.41) is 0. The van der Waals surface area contributed by atoms with Crippen LogP contribution >= 0.6 is 0 Å². The van der Waals surface area contributed by atoms with Crippen molar-refractivity contribution in [1.82, 2.24) is 0 Å². The molecule has 5 heteroatoms. The number of hydrogen-bond donors (Lipinski definition) is 0. The van der Waals surface area contributed by atoms with Crippen LogP contribution in [0.2, 0.25) is 0 Å². The average molecular weight is 292 g/mol. The Kier molecular flexibility index (Phi) is 3.22. The zero-order valence-electron chi connectivity index (χ0n) is 10.7. The van der Waals surface area contributed by atoms with Crippen molar-refractivity contribution in [3.8, 4) is 5.75 Å². The third kappa shape index (κ3) is 2.29. The Bertz CT molecular complexity index is 753. The van der Waals surface area contributed by atoms with Gasteiger partial charge >= 0.3 is 0 Å². The summed E-state index contributed by atoms with van der Waals surface area (Å²) in [6.45, 7) is 0.594. The number of hydrogen-bond acceptors (Lipinski definition) is 3. The van der Waals surface area contributed by atoms with Crippen molar-refractivity contribution in [3.63, 3.8) is 0 Å². The van der Waals surface area contributed by atoms with Crippen molar-refractivity contribution < 1.29 is 17.5 Å². The molecule has 0 aromatic heterocycles. The predicted octanol–water partition coefficient (Wildman–Crippen LogP) is 2.98. The topological polar surface area (TPSA) is 43.4 Å². The number of benzene rings is 2. The largest absolute Gasteiger partial charge is 0.493 e. The fourth-order valence-corrected chi connectivity index (χ4v) is 3.56. The van der Waals surface area contributed by atoms with Gasteiger partial charge in [0.2, 0.25) is 9.84 Å². The molecular weight excluding hydrogens is 279 g/mol. The van der Waals surface area contributed by atoms with E-state index >= 15 is 0 Å². The number of rotatable bonds is 2. The van der Waals surface area contributed by atoms with Crippen molar-refractivity contribution in [2.75, 3.05) is 6.61 Å². The van der Waals surface area contributed by atoms with Gasteiger partial charge in [-0.05, 0) is 48.7 Å². The Hall–Kier alpha value is -1.88.